The summed E-state index contributed by atoms with van der Waals surface area (Å²) in [7, 11) is 0. The van der Waals surface area contributed by atoms with Crippen LogP contribution in [-0.4, -0.2) is 33.8 Å². The van der Waals surface area contributed by atoms with Gasteiger partial charge >= 0.3 is 132 Å². The molecule has 1 aliphatic heterocycles. The maximum absolute atomic E-state index is 2.66. The molecule has 102 valence electrons. The van der Waals surface area contributed by atoms with Crippen molar-refractivity contribution in [2.45, 2.75) is 32.4 Å². The second kappa shape index (κ2) is 6.08. The molecule has 0 amide bonds. The summed E-state index contributed by atoms with van der Waals surface area (Å²) in [5, 5.41) is 0. The Balaban J connectivity index is 1.87. The summed E-state index contributed by atoms with van der Waals surface area (Å²) in [4.78, 5) is 0. The molecular formula is C17H20N2Sn. The Morgan fingerprint density at radius 3 is 1.55 bits per heavy atom. The number of benzene rings is 2. The summed E-state index contributed by atoms with van der Waals surface area (Å²) in [5.74, 6) is 0. The van der Waals surface area contributed by atoms with E-state index < -0.39 is 21.7 Å². The van der Waals surface area contributed by atoms with Gasteiger partial charge in [-0.2, -0.15) is 0 Å². The molecule has 2 aromatic rings. The summed E-state index contributed by atoms with van der Waals surface area (Å²) in [6, 6.07) is 23.1. The molecule has 1 saturated heterocycles. The molecule has 3 heteroatoms. The van der Waals surface area contributed by atoms with Gasteiger partial charge in [0.15, 0.2) is 0 Å². The Labute approximate surface area is 132 Å². The first-order valence-electron chi connectivity index (χ1n) is 7.20. The fourth-order valence-corrected chi connectivity index (χ4v) is 6.72. The minimum absolute atomic E-state index is 0.652. The number of rotatable bonds is 2. The summed E-state index contributed by atoms with van der Waals surface area (Å²) in [5.41, 5.74) is 2.78. The molecule has 1 fully saturated rings. The van der Waals surface area contributed by atoms with Crippen LogP contribution in [0.25, 0.3) is 0 Å². The van der Waals surface area contributed by atoms with Crippen LogP contribution in [0, 0.1) is 0 Å². The third-order valence-electron chi connectivity index (χ3n) is 3.85. The zero-order valence-electron chi connectivity index (χ0n) is 12.0. The number of para-hydroxylation sites is 2. The third-order valence-corrected chi connectivity index (χ3v) is 9.07. The number of hydrogen-bond donors (Lipinski definition) is 0. The molecule has 20 heavy (non-hydrogen) atoms. The predicted molar refractivity (Wildman–Crippen MR) is 87.1 cm³/mol. The van der Waals surface area contributed by atoms with Crippen LogP contribution in [-0.2, 0) is 0 Å². The Kier molecular flexibility index (Phi) is 4.20. The second-order valence-corrected chi connectivity index (χ2v) is 8.77. The van der Waals surface area contributed by atoms with Gasteiger partial charge in [0.05, 0.1) is 0 Å². The van der Waals surface area contributed by atoms with Crippen molar-refractivity contribution in [2.75, 3.05) is 6.24 Å². The van der Waals surface area contributed by atoms with E-state index in [0.717, 1.165) is 0 Å². The first-order chi connectivity index (χ1) is 9.75. The fraction of sp³-hybridized carbons (Fsp3) is 0.294. The molecule has 0 aromatic heterocycles. The van der Waals surface area contributed by atoms with Crippen LogP contribution in [0.15, 0.2) is 60.7 Å². The molecule has 0 aliphatic carbocycles. The van der Waals surface area contributed by atoms with Gasteiger partial charge in [-0.15, -0.1) is 0 Å². The van der Waals surface area contributed by atoms with E-state index in [0.29, 0.717) is 12.1 Å². The van der Waals surface area contributed by atoms with Crippen molar-refractivity contribution in [3.63, 3.8) is 0 Å². The monoisotopic (exact) mass is 372 g/mol. The number of nitrogens with zero attached hydrogens (tertiary/aromatic N) is 2. The predicted octanol–water partition coefficient (Wildman–Crippen LogP) is 3.71. The molecule has 2 radical (unpaired) electrons. The zero-order chi connectivity index (χ0) is 13.9. The summed E-state index contributed by atoms with van der Waals surface area (Å²) >= 11 is -0.812. The third kappa shape index (κ3) is 2.80. The van der Waals surface area contributed by atoms with Crippen LogP contribution in [0.1, 0.15) is 20.3 Å². The van der Waals surface area contributed by atoms with E-state index in [-0.39, 0.29) is 0 Å². The van der Waals surface area contributed by atoms with Crippen molar-refractivity contribution in [3.05, 3.63) is 60.7 Å². The molecule has 3 rings (SSSR count). The van der Waals surface area contributed by atoms with E-state index in [1.54, 1.807) is 0 Å². The first kappa shape index (κ1) is 13.8. The Morgan fingerprint density at radius 1 is 0.750 bits per heavy atom. The van der Waals surface area contributed by atoms with E-state index in [9.17, 15) is 0 Å². The van der Waals surface area contributed by atoms with Crippen LogP contribution in [0.4, 0.5) is 11.4 Å². The Hall–Kier alpha value is -1.16. The van der Waals surface area contributed by atoms with Crippen LogP contribution < -0.4 is 6.24 Å². The average molecular weight is 371 g/mol. The van der Waals surface area contributed by atoms with Gasteiger partial charge < -0.3 is 0 Å². The van der Waals surface area contributed by atoms with E-state index in [1.807, 2.05) is 0 Å². The second-order valence-electron chi connectivity index (χ2n) is 5.44. The average Bonchev–Trinajstić information content (AvgIpc) is 2.49. The zero-order valence-corrected chi connectivity index (χ0v) is 14.9. The Morgan fingerprint density at radius 2 is 1.15 bits per heavy atom. The van der Waals surface area contributed by atoms with Crippen LogP contribution in [0.3, 0.4) is 0 Å². The van der Waals surface area contributed by atoms with Gasteiger partial charge in [0.1, 0.15) is 0 Å². The van der Waals surface area contributed by atoms with Gasteiger partial charge in [0, 0.05) is 0 Å². The topological polar surface area (TPSA) is 6.48 Å². The van der Waals surface area contributed by atoms with E-state index in [2.05, 4.69) is 80.8 Å². The van der Waals surface area contributed by atoms with E-state index >= 15 is 0 Å². The van der Waals surface area contributed by atoms with Crippen LogP contribution in [0.2, 0.25) is 0 Å². The molecule has 1 heterocycles. The van der Waals surface area contributed by atoms with Gasteiger partial charge in [-0.3, -0.25) is 0 Å². The van der Waals surface area contributed by atoms with Crippen molar-refractivity contribution in [1.29, 1.82) is 0 Å². The molecule has 0 N–H and O–H groups in total. The van der Waals surface area contributed by atoms with Crippen LogP contribution >= 0.6 is 0 Å². The molecule has 2 atom stereocenters. The summed E-state index contributed by atoms with van der Waals surface area (Å²) in [6.07, 6.45) is 1.23. The normalized spacial score (nSPS) is 22.9. The van der Waals surface area contributed by atoms with Gasteiger partial charge in [-0.05, 0) is 0 Å². The maximum atomic E-state index is 2.66. The van der Waals surface area contributed by atoms with Crippen molar-refractivity contribution < 1.29 is 0 Å². The molecule has 0 bridgehead atoms. The van der Waals surface area contributed by atoms with E-state index in [1.165, 1.54) is 17.8 Å². The molecule has 2 unspecified atom stereocenters. The van der Waals surface area contributed by atoms with Crippen molar-refractivity contribution in [2.24, 2.45) is 0 Å². The van der Waals surface area contributed by atoms with E-state index in [4.69, 9.17) is 0 Å². The summed E-state index contributed by atoms with van der Waals surface area (Å²) in [6.45, 7) is 4.74. The van der Waals surface area contributed by atoms with Gasteiger partial charge in [0.2, 0.25) is 0 Å². The van der Waals surface area contributed by atoms with Gasteiger partial charge in [0.25, 0.3) is 0 Å². The number of hydrogen-bond acceptors (Lipinski definition) is 2. The fourth-order valence-electron chi connectivity index (χ4n) is 2.82. The minimum atomic E-state index is -0.812. The SMILES string of the molecule is CC1CC(C)[N](c2ccccc2)[Sn][N]1c1ccccc1. The molecule has 0 spiro atoms. The molecule has 2 aromatic carbocycles. The molecular weight excluding hydrogens is 351 g/mol. The standard InChI is InChI=1S/C17H20N2.Sn/c1-14(18-16-9-5-3-6-10-16)13-15(2)19-17-11-7-4-8-12-17;/h3-12,14-15H,13H2,1-2H3;/q-2;+2. The van der Waals surface area contributed by atoms with Crippen molar-refractivity contribution in [1.82, 2.24) is 0 Å². The first-order valence-corrected chi connectivity index (χ1v) is 9.76. The molecule has 1 aliphatic rings. The summed E-state index contributed by atoms with van der Waals surface area (Å²) < 4.78 is 5.33. The van der Waals surface area contributed by atoms with Crippen LogP contribution in [0.5, 0.6) is 0 Å². The molecule has 0 saturated carbocycles. The van der Waals surface area contributed by atoms with Gasteiger partial charge in [-0.25, -0.2) is 0 Å². The Bertz CT molecular complexity index is 494. The quantitative estimate of drug-likeness (QED) is 0.743. The van der Waals surface area contributed by atoms with Gasteiger partial charge in [-0.1, -0.05) is 0 Å². The van der Waals surface area contributed by atoms with Crippen molar-refractivity contribution in [3.8, 4) is 0 Å². The molecule has 2 nitrogen and oxygen atoms in total. The number of anilines is 2. The van der Waals surface area contributed by atoms with Crippen molar-refractivity contribution >= 4 is 33.1 Å².